The van der Waals surface area contributed by atoms with Crippen LogP contribution in [-0.4, -0.2) is 16.8 Å². The standard InChI is InChI=1S/C34H34N4O4S2/c35-31(25-14-5-1-6-15-25)33(27-18-9-3-10-19-27)37-43(39,40)29-22-13-23-30(24-29)44(41,42)38-34(28-20-11-4-12-21-28)32(36)26-16-7-2-8-17-26/h1-24,31-34,37-38H,35-36H2/t31-,32-,33-,34-/m0/s1. The number of nitrogens with one attached hydrogen (secondary N) is 2. The summed E-state index contributed by atoms with van der Waals surface area (Å²) in [6.45, 7) is 0. The summed E-state index contributed by atoms with van der Waals surface area (Å²) in [5.74, 6) is 0. The Morgan fingerprint density at radius 2 is 0.705 bits per heavy atom. The van der Waals surface area contributed by atoms with Gasteiger partial charge < -0.3 is 11.5 Å². The molecular formula is C34H34N4O4S2. The summed E-state index contributed by atoms with van der Waals surface area (Å²) in [4.78, 5) is -0.435. The van der Waals surface area contributed by atoms with E-state index in [-0.39, 0.29) is 9.79 Å². The molecule has 0 fully saturated rings. The highest BCUT2D eigenvalue weighted by Crippen LogP contribution is 2.31. The van der Waals surface area contributed by atoms with Crippen LogP contribution in [0.25, 0.3) is 0 Å². The quantitative estimate of drug-likeness (QED) is 0.151. The van der Waals surface area contributed by atoms with Gasteiger partial charge in [0.25, 0.3) is 0 Å². The van der Waals surface area contributed by atoms with E-state index in [1.54, 1.807) is 48.5 Å². The molecule has 5 rings (SSSR count). The van der Waals surface area contributed by atoms with Crippen LogP contribution in [0.3, 0.4) is 0 Å². The molecule has 5 aromatic carbocycles. The number of benzene rings is 5. The lowest BCUT2D eigenvalue weighted by molar-refractivity contribution is 0.502. The van der Waals surface area contributed by atoms with E-state index >= 15 is 0 Å². The summed E-state index contributed by atoms with van der Waals surface area (Å²) in [6.07, 6.45) is 0. The monoisotopic (exact) mass is 626 g/mol. The van der Waals surface area contributed by atoms with Crippen molar-refractivity contribution in [1.29, 1.82) is 0 Å². The van der Waals surface area contributed by atoms with Crippen LogP contribution in [0.5, 0.6) is 0 Å². The Labute approximate surface area is 258 Å². The molecular weight excluding hydrogens is 593 g/mol. The Bertz CT molecular complexity index is 1740. The smallest absolute Gasteiger partial charge is 0.241 e. The maximum Gasteiger partial charge on any atom is 0.241 e. The minimum atomic E-state index is -4.23. The van der Waals surface area contributed by atoms with Crippen molar-refractivity contribution in [3.63, 3.8) is 0 Å². The van der Waals surface area contributed by atoms with Gasteiger partial charge in [0.1, 0.15) is 0 Å². The second-order valence-electron chi connectivity index (χ2n) is 10.4. The molecule has 0 unspecified atom stereocenters. The van der Waals surface area contributed by atoms with Crippen molar-refractivity contribution < 1.29 is 16.8 Å². The summed E-state index contributed by atoms with van der Waals surface area (Å²) in [5.41, 5.74) is 16.0. The van der Waals surface area contributed by atoms with Gasteiger partial charge in [-0.25, -0.2) is 26.3 Å². The molecule has 226 valence electrons. The van der Waals surface area contributed by atoms with Crippen LogP contribution in [0.15, 0.2) is 155 Å². The molecule has 0 aliphatic heterocycles. The van der Waals surface area contributed by atoms with Crippen molar-refractivity contribution in [1.82, 2.24) is 9.44 Å². The maximum atomic E-state index is 13.8. The third-order valence-corrected chi connectivity index (χ3v) is 10.3. The number of rotatable bonds is 12. The highest BCUT2D eigenvalue weighted by Gasteiger charge is 2.30. The Morgan fingerprint density at radius 3 is 1.02 bits per heavy atom. The molecule has 0 saturated carbocycles. The second kappa shape index (κ2) is 13.6. The minimum absolute atomic E-state index is 0.217. The number of sulfonamides is 2. The maximum absolute atomic E-state index is 13.8. The molecule has 0 saturated heterocycles. The molecule has 6 N–H and O–H groups in total. The fourth-order valence-corrected chi connectivity index (χ4v) is 7.69. The molecule has 0 radical (unpaired) electrons. The van der Waals surface area contributed by atoms with Crippen LogP contribution >= 0.6 is 0 Å². The summed E-state index contributed by atoms with van der Waals surface area (Å²) in [5, 5.41) is 0. The topological polar surface area (TPSA) is 144 Å². The van der Waals surface area contributed by atoms with Crippen LogP contribution in [-0.2, 0) is 20.0 Å². The third kappa shape index (κ3) is 7.31. The zero-order chi connectivity index (χ0) is 31.2. The van der Waals surface area contributed by atoms with E-state index in [2.05, 4.69) is 9.44 Å². The Kier molecular flexibility index (Phi) is 9.70. The molecule has 8 nitrogen and oxygen atoms in total. The zero-order valence-corrected chi connectivity index (χ0v) is 25.4. The molecule has 5 aromatic rings. The van der Waals surface area contributed by atoms with Crippen molar-refractivity contribution in [2.75, 3.05) is 0 Å². The first-order valence-corrected chi connectivity index (χ1v) is 17.0. The number of nitrogens with two attached hydrogens (primary N) is 2. The second-order valence-corrected chi connectivity index (χ2v) is 13.8. The average Bonchev–Trinajstić information content (AvgIpc) is 3.07. The molecule has 44 heavy (non-hydrogen) atoms. The first kappa shape index (κ1) is 31.3. The lowest BCUT2D eigenvalue weighted by Gasteiger charge is -2.26. The summed E-state index contributed by atoms with van der Waals surface area (Å²) in [7, 11) is -8.46. The Morgan fingerprint density at radius 1 is 0.409 bits per heavy atom. The number of hydrogen-bond acceptors (Lipinski definition) is 6. The van der Waals surface area contributed by atoms with Gasteiger partial charge in [0.2, 0.25) is 20.0 Å². The van der Waals surface area contributed by atoms with Crippen LogP contribution in [0.4, 0.5) is 0 Å². The van der Waals surface area contributed by atoms with E-state index in [4.69, 9.17) is 11.5 Å². The molecule has 0 bridgehead atoms. The van der Waals surface area contributed by atoms with Gasteiger partial charge in [-0.05, 0) is 40.5 Å². The molecule has 0 amide bonds. The normalized spacial score (nSPS) is 14.8. The van der Waals surface area contributed by atoms with Gasteiger partial charge in [-0.3, -0.25) is 0 Å². The first-order chi connectivity index (χ1) is 21.2. The van der Waals surface area contributed by atoms with Gasteiger partial charge in [0.05, 0.1) is 34.0 Å². The van der Waals surface area contributed by atoms with Crippen molar-refractivity contribution in [3.05, 3.63) is 168 Å². The lowest BCUT2D eigenvalue weighted by Crippen LogP contribution is -2.37. The molecule has 0 aliphatic carbocycles. The molecule has 10 heteroatoms. The predicted octanol–water partition coefficient (Wildman–Crippen LogP) is 5.13. The van der Waals surface area contributed by atoms with Crippen LogP contribution < -0.4 is 20.9 Å². The summed E-state index contributed by atoms with van der Waals surface area (Å²) in [6, 6.07) is 38.5. The van der Waals surface area contributed by atoms with Gasteiger partial charge in [-0.15, -0.1) is 0 Å². The van der Waals surface area contributed by atoms with Crippen LogP contribution in [0.2, 0.25) is 0 Å². The Balaban J connectivity index is 1.46. The van der Waals surface area contributed by atoms with E-state index in [1.807, 2.05) is 72.8 Å². The van der Waals surface area contributed by atoms with Gasteiger partial charge in [0, 0.05) is 0 Å². The van der Waals surface area contributed by atoms with Gasteiger partial charge in [-0.1, -0.05) is 127 Å². The van der Waals surface area contributed by atoms with E-state index in [1.165, 1.54) is 18.2 Å². The van der Waals surface area contributed by atoms with E-state index in [0.29, 0.717) is 11.1 Å². The summed E-state index contributed by atoms with van der Waals surface area (Å²) < 4.78 is 60.5. The minimum Gasteiger partial charge on any atom is -0.322 e. The van der Waals surface area contributed by atoms with E-state index in [9.17, 15) is 16.8 Å². The molecule has 0 aliphatic rings. The molecule has 4 atom stereocenters. The highest BCUT2D eigenvalue weighted by molar-refractivity contribution is 7.90. The SMILES string of the molecule is N[C@@H](c1ccccc1)[C@@H](NS(=O)(=O)c1cccc(S(=O)(=O)N[C@@H](c2ccccc2)[C@@H](N)c2ccccc2)c1)c1ccccc1. The van der Waals surface area contributed by atoms with Gasteiger partial charge in [0.15, 0.2) is 0 Å². The van der Waals surface area contributed by atoms with Crippen molar-refractivity contribution in [2.24, 2.45) is 11.5 Å². The first-order valence-electron chi connectivity index (χ1n) is 14.0. The van der Waals surface area contributed by atoms with Crippen molar-refractivity contribution >= 4 is 20.0 Å². The molecule has 0 aromatic heterocycles. The Hall–Kier alpha value is -4.16. The zero-order valence-electron chi connectivity index (χ0n) is 23.8. The van der Waals surface area contributed by atoms with E-state index in [0.717, 1.165) is 17.2 Å². The fraction of sp³-hybridized carbons (Fsp3) is 0.118. The average molecular weight is 627 g/mol. The van der Waals surface area contributed by atoms with Crippen molar-refractivity contribution in [3.8, 4) is 0 Å². The highest BCUT2D eigenvalue weighted by atomic mass is 32.2. The number of hydrogen-bond donors (Lipinski definition) is 4. The van der Waals surface area contributed by atoms with Crippen LogP contribution in [0, 0.1) is 0 Å². The largest absolute Gasteiger partial charge is 0.322 e. The van der Waals surface area contributed by atoms with Gasteiger partial charge >= 0.3 is 0 Å². The van der Waals surface area contributed by atoms with Crippen molar-refractivity contribution in [2.45, 2.75) is 34.0 Å². The van der Waals surface area contributed by atoms with Crippen LogP contribution in [0.1, 0.15) is 46.4 Å². The molecule has 0 heterocycles. The third-order valence-electron chi connectivity index (χ3n) is 7.39. The fourth-order valence-electron chi connectivity index (χ4n) is 5.03. The molecule has 0 spiro atoms. The predicted molar refractivity (Wildman–Crippen MR) is 172 cm³/mol. The van der Waals surface area contributed by atoms with E-state index < -0.39 is 44.2 Å². The summed E-state index contributed by atoms with van der Waals surface area (Å²) >= 11 is 0. The van der Waals surface area contributed by atoms with Gasteiger partial charge in [-0.2, -0.15) is 0 Å². The lowest BCUT2D eigenvalue weighted by atomic mass is 9.95.